The molecule has 1 amide bonds. The van der Waals surface area contributed by atoms with Gasteiger partial charge in [0.25, 0.3) is 5.91 Å². The average molecular weight is 344 g/mol. The van der Waals surface area contributed by atoms with Crippen molar-refractivity contribution >= 4 is 11.9 Å². The summed E-state index contributed by atoms with van der Waals surface area (Å²) in [6.07, 6.45) is 0. The van der Waals surface area contributed by atoms with Gasteiger partial charge >= 0.3 is 5.97 Å². The fourth-order valence-electron chi connectivity index (χ4n) is 1.98. The van der Waals surface area contributed by atoms with Crippen molar-refractivity contribution in [2.24, 2.45) is 0 Å². The van der Waals surface area contributed by atoms with Crippen LogP contribution in [0.3, 0.4) is 0 Å². The number of carbonyl (C=O) groups excluding carboxylic acids is 2. The van der Waals surface area contributed by atoms with Crippen molar-refractivity contribution < 1.29 is 23.8 Å². The lowest BCUT2D eigenvalue weighted by molar-refractivity contribution is 0.0519. The van der Waals surface area contributed by atoms with Crippen LogP contribution in [-0.4, -0.2) is 43.7 Å². The van der Waals surface area contributed by atoms with Gasteiger partial charge in [-0.3, -0.25) is 4.79 Å². The summed E-state index contributed by atoms with van der Waals surface area (Å²) < 4.78 is 15.5. The molecule has 1 N–H and O–H groups in total. The molecule has 132 valence electrons. The van der Waals surface area contributed by atoms with Gasteiger partial charge in [0.2, 0.25) is 0 Å². The van der Waals surface area contributed by atoms with Crippen LogP contribution in [0.2, 0.25) is 0 Å². The first-order valence-electron chi connectivity index (χ1n) is 7.83. The van der Waals surface area contributed by atoms with Crippen LogP contribution in [-0.2, 0) is 4.74 Å². The average Bonchev–Trinajstić information content (AvgIpc) is 2.66. The Morgan fingerprint density at radius 2 is 1.72 bits per heavy atom. The monoisotopic (exact) mass is 344 g/mol. The number of hydrogen-bond donors (Lipinski definition) is 1. The van der Waals surface area contributed by atoms with Crippen molar-refractivity contribution in [1.29, 1.82) is 0 Å². The van der Waals surface area contributed by atoms with Gasteiger partial charge in [0, 0.05) is 0 Å². The van der Waals surface area contributed by atoms with Crippen LogP contribution in [0.1, 0.15) is 27.9 Å². The predicted molar refractivity (Wildman–Crippen MR) is 91.0 cm³/mol. The molecule has 0 saturated heterocycles. The summed E-state index contributed by atoms with van der Waals surface area (Å²) in [5.74, 6) is 0.482. The van der Waals surface area contributed by atoms with Gasteiger partial charge in [-0.1, -0.05) is 6.07 Å². The van der Waals surface area contributed by atoms with Crippen molar-refractivity contribution in [3.8, 4) is 11.5 Å². The number of ether oxygens (including phenoxy) is 3. The quantitative estimate of drug-likeness (QED) is 0.583. The Bertz CT molecular complexity index is 716. The minimum atomic E-state index is -0.556. The molecule has 2 aromatic rings. The van der Waals surface area contributed by atoms with E-state index in [0.29, 0.717) is 18.9 Å². The Balaban J connectivity index is 1.81. The number of pyridine rings is 1. The van der Waals surface area contributed by atoms with Crippen LogP contribution in [0.5, 0.6) is 11.5 Å². The van der Waals surface area contributed by atoms with Crippen molar-refractivity contribution in [3.05, 3.63) is 53.9 Å². The summed E-state index contributed by atoms with van der Waals surface area (Å²) in [7, 11) is 1.59. The van der Waals surface area contributed by atoms with Gasteiger partial charge in [-0.15, -0.1) is 0 Å². The number of aromatic nitrogens is 1. The molecule has 0 atom stereocenters. The number of methoxy groups -OCH3 is 1. The zero-order chi connectivity index (χ0) is 18.1. The zero-order valence-corrected chi connectivity index (χ0v) is 14.2. The highest BCUT2D eigenvalue weighted by Gasteiger charge is 2.12. The molecule has 0 saturated carbocycles. The molecule has 7 heteroatoms. The Labute approximate surface area is 145 Å². The molecule has 0 aliphatic rings. The maximum absolute atomic E-state index is 12.1. The van der Waals surface area contributed by atoms with Gasteiger partial charge in [-0.2, -0.15) is 0 Å². The molecule has 0 fully saturated rings. The van der Waals surface area contributed by atoms with Crippen molar-refractivity contribution in [2.75, 3.05) is 26.9 Å². The maximum Gasteiger partial charge on any atom is 0.356 e. The lowest BCUT2D eigenvalue weighted by atomic mass is 10.3. The highest BCUT2D eigenvalue weighted by Crippen LogP contribution is 2.16. The van der Waals surface area contributed by atoms with Crippen LogP contribution in [0.25, 0.3) is 0 Å². The molecule has 0 radical (unpaired) electrons. The minimum absolute atomic E-state index is 0.101. The molecular weight excluding hydrogens is 324 g/mol. The summed E-state index contributed by atoms with van der Waals surface area (Å²) in [5.41, 5.74) is 0.249. The van der Waals surface area contributed by atoms with Crippen LogP contribution in [0.15, 0.2) is 42.5 Å². The molecule has 1 aromatic carbocycles. The second-order valence-corrected chi connectivity index (χ2v) is 4.91. The SMILES string of the molecule is CCOC(=O)c1cccc(C(=O)NCCOc2ccc(OC)cc2)n1. The maximum atomic E-state index is 12.1. The molecule has 1 aromatic heterocycles. The molecule has 7 nitrogen and oxygen atoms in total. The highest BCUT2D eigenvalue weighted by molar-refractivity contribution is 5.94. The molecule has 0 spiro atoms. The van der Waals surface area contributed by atoms with E-state index >= 15 is 0 Å². The number of benzene rings is 1. The van der Waals surface area contributed by atoms with Crippen LogP contribution < -0.4 is 14.8 Å². The van der Waals surface area contributed by atoms with E-state index < -0.39 is 5.97 Å². The van der Waals surface area contributed by atoms with Gasteiger partial charge in [0.15, 0.2) is 0 Å². The summed E-state index contributed by atoms with van der Waals surface area (Å²) in [5, 5.41) is 2.69. The third kappa shape index (κ3) is 5.49. The van der Waals surface area contributed by atoms with E-state index in [0.717, 1.165) is 5.75 Å². The van der Waals surface area contributed by atoms with Gasteiger partial charge in [-0.05, 0) is 43.3 Å². The van der Waals surface area contributed by atoms with E-state index in [1.165, 1.54) is 12.1 Å². The van der Waals surface area contributed by atoms with Crippen molar-refractivity contribution in [2.45, 2.75) is 6.92 Å². The number of rotatable bonds is 8. The van der Waals surface area contributed by atoms with E-state index in [2.05, 4.69) is 10.3 Å². The molecule has 0 bridgehead atoms. The fourth-order valence-corrected chi connectivity index (χ4v) is 1.98. The number of amides is 1. The van der Waals surface area contributed by atoms with Crippen LogP contribution in [0.4, 0.5) is 0 Å². The molecule has 2 rings (SSSR count). The fraction of sp³-hybridized carbons (Fsp3) is 0.278. The first kappa shape index (κ1) is 18.3. The van der Waals surface area contributed by atoms with E-state index in [4.69, 9.17) is 14.2 Å². The van der Waals surface area contributed by atoms with Crippen molar-refractivity contribution in [1.82, 2.24) is 10.3 Å². The lowest BCUT2D eigenvalue weighted by Gasteiger charge is -2.08. The first-order valence-corrected chi connectivity index (χ1v) is 7.83. The second kappa shape index (κ2) is 9.27. The van der Waals surface area contributed by atoms with Gasteiger partial charge in [0.05, 0.1) is 20.3 Å². The Hall–Kier alpha value is -3.09. The molecular formula is C18H20N2O5. The number of esters is 1. The third-order valence-corrected chi connectivity index (χ3v) is 3.18. The molecule has 0 unspecified atom stereocenters. The third-order valence-electron chi connectivity index (χ3n) is 3.18. The standard InChI is InChI=1S/C18H20N2O5/c1-3-24-18(22)16-6-4-5-15(20-16)17(21)19-11-12-25-14-9-7-13(23-2)8-10-14/h4-10H,3,11-12H2,1-2H3,(H,19,21). The lowest BCUT2D eigenvalue weighted by Crippen LogP contribution is -2.29. The van der Waals surface area contributed by atoms with Gasteiger partial charge in [-0.25, -0.2) is 9.78 Å². The van der Waals surface area contributed by atoms with Crippen LogP contribution in [0, 0.1) is 0 Å². The summed E-state index contributed by atoms with van der Waals surface area (Å²) in [4.78, 5) is 27.7. The second-order valence-electron chi connectivity index (χ2n) is 4.91. The number of carbonyl (C=O) groups is 2. The summed E-state index contributed by atoms with van der Waals surface area (Å²) in [6.45, 7) is 2.56. The molecule has 0 aliphatic heterocycles. The molecule has 1 heterocycles. The van der Waals surface area contributed by atoms with E-state index in [9.17, 15) is 9.59 Å². The largest absolute Gasteiger partial charge is 0.497 e. The van der Waals surface area contributed by atoms with Gasteiger partial charge in [0.1, 0.15) is 29.5 Å². The van der Waals surface area contributed by atoms with Gasteiger partial charge < -0.3 is 19.5 Å². The van der Waals surface area contributed by atoms with E-state index in [1.54, 1.807) is 44.4 Å². The van der Waals surface area contributed by atoms with Crippen molar-refractivity contribution in [3.63, 3.8) is 0 Å². The minimum Gasteiger partial charge on any atom is -0.497 e. The molecule has 25 heavy (non-hydrogen) atoms. The Morgan fingerprint density at radius 1 is 1.04 bits per heavy atom. The number of nitrogens with zero attached hydrogens (tertiary/aromatic N) is 1. The van der Waals surface area contributed by atoms with Crippen LogP contribution >= 0.6 is 0 Å². The topological polar surface area (TPSA) is 86.8 Å². The Kier molecular flexibility index (Phi) is 6.76. The van der Waals surface area contributed by atoms with E-state index in [1.807, 2.05) is 0 Å². The summed E-state index contributed by atoms with van der Waals surface area (Å²) >= 11 is 0. The molecule has 0 aliphatic carbocycles. The first-order chi connectivity index (χ1) is 12.1. The summed E-state index contributed by atoms with van der Waals surface area (Å²) in [6, 6.07) is 11.8. The number of hydrogen-bond acceptors (Lipinski definition) is 6. The normalized spacial score (nSPS) is 10.0. The highest BCUT2D eigenvalue weighted by atomic mass is 16.5. The van der Waals surface area contributed by atoms with E-state index in [-0.39, 0.29) is 23.9 Å². The zero-order valence-electron chi connectivity index (χ0n) is 14.2. The predicted octanol–water partition coefficient (Wildman–Crippen LogP) is 2.08. The smallest absolute Gasteiger partial charge is 0.356 e. The number of nitrogens with one attached hydrogen (secondary N) is 1. The Morgan fingerprint density at radius 3 is 2.40 bits per heavy atom.